The third kappa shape index (κ3) is 2.12. The summed E-state index contributed by atoms with van der Waals surface area (Å²) < 4.78 is 7.18. The Hall–Kier alpha value is -1.95. The number of rotatable bonds is 2. The van der Waals surface area contributed by atoms with Crippen molar-refractivity contribution in [1.82, 2.24) is 19.5 Å². The molecule has 0 radical (unpaired) electrons. The van der Waals surface area contributed by atoms with E-state index in [1.807, 2.05) is 16.8 Å². The maximum absolute atomic E-state index is 5.31. The van der Waals surface area contributed by atoms with E-state index in [1.54, 1.807) is 18.7 Å². The van der Waals surface area contributed by atoms with Gasteiger partial charge in [-0.05, 0) is 6.07 Å². The molecule has 0 spiro atoms. The molecular weight excluding hydrogens is 218 g/mol. The van der Waals surface area contributed by atoms with Crippen molar-refractivity contribution in [2.24, 2.45) is 0 Å². The maximum Gasteiger partial charge on any atom is 0.227 e. The Morgan fingerprint density at radius 2 is 2.06 bits per heavy atom. The summed E-state index contributed by atoms with van der Waals surface area (Å²) in [6.45, 7) is 3.15. The number of anilines is 1. The second-order valence-corrected chi connectivity index (χ2v) is 3.78. The quantitative estimate of drug-likeness (QED) is 0.753. The molecule has 0 bridgehead atoms. The molecule has 6 heteroatoms. The minimum atomic E-state index is 0.735. The van der Waals surface area contributed by atoms with Gasteiger partial charge < -0.3 is 9.64 Å². The summed E-state index contributed by atoms with van der Waals surface area (Å²) in [6.07, 6.45) is 7.10. The Bertz CT molecular complexity index is 478. The van der Waals surface area contributed by atoms with Crippen LogP contribution in [0.25, 0.3) is 5.82 Å². The summed E-state index contributed by atoms with van der Waals surface area (Å²) in [7, 11) is 0. The minimum absolute atomic E-state index is 0.735. The summed E-state index contributed by atoms with van der Waals surface area (Å²) in [5.41, 5.74) is 0. The van der Waals surface area contributed by atoms with Gasteiger partial charge in [-0.3, -0.25) is 4.57 Å². The van der Waals surface area contributed by atoms with E-state index in [2.05, 4.69) is 19.9 Å². The number of imidazole rings is 1. The van der Waals surface area contributed by atoms with Crippen molar-refractivity contribution in [2.45, 2.75) is 0 Å². The Balaban J connectivity index is 1.88. The molecule has 2 aromatic heterocycles. The Morgan fingerprint density at radius 1 is 1.18 bits per heavy atom. The molecule has 17 heavy (non-hydrogen) atoms. The third-order valence-corrected chi connectivity index (χ3v) is 2.69. The van der Waals surface area contributed by atoms with Crippen LogP contribution in [0, 0.1) is 0 Å². The zero-order valence-electron chi connectivity index (χ0n) is 9.36. The molecule has 1 saturated heterocycles. The van der Waals surface area contributed by atoms with Crippen molar-refractivity contribution in [3.63, 3.8) is 0 Å². The van der Waals surface area contributed by atoms with E-state index in [0.29, 0.717) is 0 Å². The van der Waals surface area contributed by atoms with Crippen LogP contribution in [0.3, 0.4) is 0 Å². The van der Waals surface area contributed by atoms with Crippen LogP contribution in [-0.4, -0.2) is 45.8 Å². The van der Waals surface area contributed by atoms with Crippen LogP contribution in [0.15, 0.2) is 31.0 Å². The molecule has 3 heterocycles. The molecule has 1 aliphatic heterocycles. The van der Waals surface area contributed by atoms with E-state index in [9.17, 15) is 0 Å². The van der Waals surface area contributed by atoms with Gasteiger partial charge in [0.05, 0.1) is 13.2 Å². The number of aromatic nitrogens is 4. The average Bonchev–Trinajstić information content (AvgIpc) is 2.94. The Morgan fingerprint density at radius 3 is 2.82 bits per heavy atom. The number of hydrogen-bond donors (Lipinski definition) is 0. The van der Waals surface area contributed by atoms with Gasteiger partial charge >= 0.3 is 0 Å². The molecule has 2 aromatic rings. The van der Waals surface area contributed by atoms with Gasteiger partial charge in [-0.25, -0.2) is 9.97 Å². The lowest BCUT2D eigenvalue weighted by atomic mass is 10.4. The Kier molecular flexibility index (Phi) is 2.71. The Labute approximate surface area is 98.9 Å². The molecule has 6 nitrogen and oxygen atoms in total. The van der Waals surface area contributed by atoms with Gasteiger partial charge in [0.25, 0.3) is 0 Å². The first-order valence-electron chi connectivity index (χ1n) is 5.57. The average molecular weight is 231 g/mol. The number of morpholine rings is 1. The highest BCUT2D eigenvalue weighted by molar-refractivity contribution is 5.35. The van der Waals surface area contributed by atoms with Crippen molar-refractivity contribution in [3.8, 4) is 5.82 Å². The molecule has 0 saturated carbocycles. The SMILES string of the molecule is c1cn(-c2ccnc(N3CCOCC3)n2)cn1. The van der Waals surface area contributed by atoms with E-state index in [-0.39, 0.29) is 0 Å². The molecule has 1 aliphatic rings. The van der Waals surface area contributed by atoms with Crippen LogP contribution < -0.4 is 4.90 Å². The highest BCUT2D eigenvalue weighted by atomic mass is 16.5. The number of ether oxygens (including phenoxy) is 1. The fourth-order valence-electron chi connectivity index (χ4n) is 1.79. The van der Waals surface area contributed by atoms with Gasteiger partial charge in [0, 0.05) is 31.7 Å². The van der Waals surface area contributed by atoms with Crippen LogP contribution in [0.4, 0.5) is 5.95 Å². The minimum Gasteiger partial charge on any atom is -0.378 e. The van der Waals surface area contributed by atoms with Gasteiger partial charge in [-0.1, -0.05) is 0 Å². The summed E-state index contributed by atoms with van der Waals surface area (Å²) >= 11 is 0. The predicted octanol–water partition coefficient (Wildman–Crippen LogP) is 0.499. The number of nitrogens with zero attached hydrogens (tertiary/aromatic N) is 5. The standard InChI is InChI=1S/C11H13N5O/c1-2-13-11(15-5-7-17-8-6-15)14-10(1)16-4-3-12-9-16/h1-4,9H,5-8H2. The highest BCUT2D eigenvalue weighted by Crippen LogP contribution is 2.11. The lowest BCUT2D eigenvalue weighted by Gasteiger charge is -2.26. The van der Waals surface area contributed by atoms with E-state index in [0.717, 1.165) is 38.1 Å². The third-order valence-electron chi connectivity index (χ3n) is 2.69. The van der Waals surface area contributed by atoms with E-state index >= 15 is 0 Å². The lowest BCUT2D eigenvalue weighted by molar-refractivity contribution is 0.122. The van der Waals surface area contributed by atoms with Gasteiger partial charge in [-0.15, -0.1) is 0 Å². The second kappa shape index (κ2) is 4.50. The fourth-order valence-corrected chi connectivity index (χ4v) is 1.79. The van der Waals surface area contributed by atoms with Gasteiger partial charge in [-0.2, -0.15) is 4.98 Å². The molecule has 0 aromatic carbocycles. The van der Waals surface area contributed by atoms with Gasteiger partial charge in [0.1, 0.15) is 12.1 Å². The maximum atomic E-state index is 5.31. The fraction of sp³-hybridized carbons (Fsp3) is 0.364. The van der Waals surface area contributed by atoms with Crippen LogP contribution in [0.5, 0.6) is 0 Å². The van der Waals surface area contributed by atoms with Crippen LogP contribution in [0.1, 0.15) is 0 Å². The van der Waals surface area contributed by atoms with Crippen molar-refractivity contribution in [2.75, 3.05) is 31.2 Å². The molecule has 0 amide bonds. The summed E-state index contributed by atoms with van der Waals surface area (Å²) in [4.78, 5) is 15.0. The molecule has 3 rings (SSSR count). The molecule has 88 valence electrons. The zero-order chi connectivity index (χ0) is 11.5. The molecular formula is C11H13N5O. The van der Waals surface area contributed by atoms with Gasteiger partial charge in [0.2, 0.25) is 5.95 Å². The number of hydrogen-bond acceptors (Lipinski definition) is 5. The summed E-state index contributed by atoms with van der Waals surface area (Å²) in [5.74, 6) is 1.58. The van der Waals surface area contributed by atoms with Crippen LogP contribution in [0.2, 0.25) is 0 Å². The van der Waals surface area contributed by atoms with Crippen molar-refractivity contribution < 1.29 is 4.74 Å². The predicted molar refractivity (Wildman–Crippen MR) is 62.2 cm³/mol. The highest BCUT2D eigenvalue weighted by Gasteiger charge is 2.14. The van der Waals surface area contributed by atoms with Crippen LogP contribution >= 0.6 is 0 Å². The van der Waals surface area contributed by atoms with E-state index in [1.165, 1.54) is 0 Å². The van der Waals surface area contributed by atoms with Gasteiger partial charge in [0.15, 0.2) is 0 Å². The van der Waals surface area contributed by atoms with Crippen molar-refractivity contribution >= 4 is 5.95 Å². The molecule has 0 N–H and O–H groups in total. The van der Waals surface area contributed by atoms with E-state index in [4.69, 9.17) is 4.74 Å². The monoisotopic (exact) mass is 231 g/mol. The smallest absolute Gasteiger partial charge is 0.227 e. The topological polar surface area (TPSA) is 56.1 Å². The molecule has 0 atom stereocenters. The van der Waals surface area contributed by atoms with Crippen molar-refractivity contribution in [1.29, 1.82) is 0 Å². The summed E-state index contributed by atoms with van der Waals surface area (Å²) in [5, 5.41) is 0. The second-order valence-electron chi connectivity index (χ2n) is 3.78. The lowest BCUT2D eigenvalue weighted by Crippen LogP contribution is -2.37. The normalized spacial score (nSPS) is 16.1. The zero-order valence-corrected chi connectivity index (χ0v) is 9.36. The molecule has 0 unspecified atom stereocenters. The first-order chi connectivity index (χ1) is 8.43. The first kappa shape index (κ1) is 10.2. The van der Waals surface area contributed by atoms with Crippen LogP contribution in [-0.2, 0) is 4.74 Å². The largest absolute Gasteiger partial charge is 0.378 e. The summed E-state index contributed by atoms with van der Waals surface area (Å²) in [6, 6.07) is 1.87. The molecule has 0 aliphatic carbocycles. The first-order valence-corrected chi connectivity index (χ1v) is 5.57. The molecule has 1 fully saturated rings. The van der Waals surface area contributed by atoms with Crippen molar-refractivity contribution in [3.05, 3.63) is 31.0 Å². The van der Waals surface area contributed by atoms with E-state index < -0.39 is 0 Å².